The Morgan fingerprint density at radius 3 is 2.72 bits per heavy atom. The molecule has 0 saturated heterocycles. The van der Waals surface area contributed by atoms with Gasteiger partial charge >= 0.3 is 12.1 Å². The second kappa shape index (κ2) is 5.50. The van der Waals surface area contributed by atoms with Gasteiger partial charge < -0.3 is 14.0 Å². The zero-order valence-corrected chi connectivity index (χ0v) is 10.5. The molecule has 0 aliphatic heterocycles. The molecule has 0 N–H and O–H groups in total. The van der Waals surface area contributed by atoms with E-state index in [1.807, 2.05) is 24.5 Å². The smallest absolute Gasteiger partial charge is 0.434 e. The molecule has 5 nitrogen and oxygen atoms in total. The number of carbonyl (C=O) groups excluding carboxylic acids is 2. The Labute approximate surface area is 108 Å². The summed E-state index contributed by atoms with van der Waals surface area (Å²) in [5, 5.41) is 1.76. The van der Waals surface area contributed by atoms with Crippen molar-refractivity contribution in [2.75, 3.05) is 6.61 Å². The highest BCUT2D eigenvalue weighted by Crippen LogP contribution is 2.22. The molecule has 0 radical (unpaired) electrons. The molecular weight excluding hydrogens is 254 g/mol. The molecule has 2 rings (SSSR count). The predicted molar refractivity (Wildman–Crippen MR) is 66.1 cm³/mol. The lowest BCUT2D eigenvalue weighted by Gasteiger charge is -2.04. The van der Waals surface area contributed by atoms with Crippen LogP contribution in [-0.4, -0.2) is 23.3 Å². The highest BCUT2D eigenvalue weighted by Gasteiger charge is 2.19. The fourth-order valence-corrected chi connectivity index (χ4v) is 2.19. The topological polar surface area (TPSA) is 57.5 Å². The van der Waals surface area contributed by atoms with Crippen LogP contribution in [0.2, 0.25) is 0 Å². The molecule has 2 aromatic rings. The number of thiophene rings is 1. The number of esters is 1. The summed E-state index contributed by atoms with van der Waals surface area (Å²) in [6.07, 6.45) is 2.64. The molecule has 2 aromatic heterocycles. The van der Waals surface area contributed by atoms with E-state index in [2.05, 4.69) is 9.47 Å². The second-order valence-corrected chi connectivity index (χ2v) is 4.21. The Morgan fingerprint density at radius 2 is 2.06 bits per heavy atom. The number of rotatable bonds is 3. The summed E-state index contributed by atoms with van der Waals surface area (Å²) >= 11 is 1.21. The minimum absolute atomic E-state index is 0.168. The van der Waals surface area contributed by atoms with Gasteiger partial charge in [-0.1, -0.05) is 0 Å². The van der Waals surface area contributed by atoms with Crippen molar-refractivity contribution in [1.82, 2.24) is 4.57 Å². The third-order valence-corrected chi connectivity index (χ3v) is 3.03. The fourth-order valence-electron chi connectivity index (χ4n) is 1.42. The lowest BCUT2D eigenvalue weighted by molar-refractivity contribution is 0.0406. The monoisotopic (exact) mass is 265 g/mol. The number of hydrogen-bond donors (Lipinski definition) is 0. The van der Waals surface area contributed by atoms with Gasteiger partial charge in [0.05, 0.1) is 12.3 Å². The Kier molecular flexibility index (Phi) is 3.78. The van der Waals surface area contributed by atoms with Gasteiger partial charge in [0.1, 0.15) is 4.88 Å². The summed E-state index contributed by atoms with van der Waals surface area (Å²) in [5.74, 6) is -0.702. The maximum atomic E-state index is 11.8. The first-order valence-corrected chi connectivity index (χ1v) is 6.20. The van der Waals surface area contributed by atoms with Gasteiger partial charge in [-0.25, -0.2) is 9.59 Å². The molecule has 6 heteroatoms. The first-order valence-electron chi connectivity index (χ1n) is 5.32. The van der Waals surface area contributed by atoms with Crippen molar-refractivity contribution >= 4 is 23.5 Å². The molecule has 0 aliphatic rings. The van der Waals surface area contributed by atoms with E-state index < -0.39 is 12.1 Å². The van der Waals surface area contributed by atoms with E-state index in [-0.39, 0.29) is 6.61 Å². The molecular formula is C12H11NO4S. The maximum absolute atomic E-state index is 11.8. The fraction of sp³-hybridized carbons (Fsp3) is 0.167. The summed E-state index contributed by atoms with van der Waals surface area (Å²) in [6.45, 7) is 1.81. The molecule has 0 saturated carbocycles. The number of hydrogen-bond acceptors (Lipinski definition) is 5. The molecule has 18 heavy (non-hydrogen) atoms. The maximum Gasteiger partial charge on any atom is 0.516 e. The third kappa shape index (κ3) is 2.60. The summed E-state index contributed by atoms with van der Waals surface area (Å²) in [5.41, 5.74) is 0.680. The SMILES string of the molecule is CCOC(=O)OC(=O)c1sccc1-n1cccc1. The zero-order chi connectivity index (χ0) is 13.0. The Balaban J connectivity index is 2.17. The van der Waals surface area contributed by atoms with E-state index in [0.29, 0.717) is 10.6 Å². The third-order valence-electron chi connectivity index (χ3n) is 2.15. The summed E-state index contributed by atoms with van der Waals surface area (Å²) in [7, 11) is 0. The molecule has 0 aliphatic carbocycles. The average molecular weight is 265 g/mol. The van der Waals surface area contributed by atoms with E-state index in [1.54, 1.807) is 22.9 Å². The van der Waals surface area contributed by atoms with Crippen LogP contribution in [0.15, 0.2) is 36.0 Å². The van der Waals surface area contributed by atoms with Crippen LogP contribution in [0.25, 0.3) is 5.69 Å². The predicted octanol–water partition coefficient (Wildman–Crippen LogP) is 2.85. The molecule has 0 atom stereocenters. The van der Waals surface area contributed by atoms with Crippen molar-refractivity contribution in [3.63, 3.8) is 0 Å². The average Bonchev–Trinajstić information content (AvgIpc) is 3.00. The Hall–Kier alpha value is -2.08. The first-order chi connectivity index (χ1) is 8.72. The van der Waals surface area contributed by atoms with E-state index in [1.165, 1.54) is 11.3 Å². The van der Waals surface area contributed by atoms with Crippen molar-refractivity contribution in [2.24, 2.45) is 0 Å². The largest absolute Gasteiger partial charge is 0.516 e. The zero-order valence-electron chi connectivity index (χ0n) is 9.66. The van der Waals surface area contributed by atoms with Crippen LogP contribution < -0.4 is 0 Å². The van der Waals surface area contributed by atoms with Crippen LogP contribution >= 0.6 is 11.3 Å². The standard InChI is InChI=1S/C12H11NO4S/c1-2-16-12(15)17-11(14)10-9(5-8-18-10)13-6-3-4-7-13/h3-8H,2H2,1H3. The molecule has 0 fully saturated rings. The van der Waals surface area contributed by atoms with Gasteiger partial charge in [-0.15, -0.1) is 11.3 Å². The highest BCUT2D eigenvalue weighted by molar-refractivity contribution is 7.12. The molecule has 0 spiro atoms. The first kappa shape index (κ1) is 12.4. The summed E-state index contributed by atoms with van der Waals surface area (Å²) in [6, 6.07) is 5.47. The quantitative estimate of drug-likeness (QED) is 0.632. The number of carbonyl (C=O) groups is 2. The van der Waals surface area contributed by atoms with Gasteiger partial charge in [-0.3, -0.25) is 0 Å². The van der Waals surface area contributed by atoms with E-state index in [0.717, 1.165) is 0 Å². The van der Waals surface area contributed by atoms with E-state index in [9.17, 15) is 9.59 Å². The molecule has 94 valence electrons. The summed E-state index contributed by atoms with van der Waals surface area (Å²) < 4.78 is 10.9. The Bertz CT molecular complexity index is 544. The van der Waals surface area contributed by atoms with Gasteiger partial charge in [0, 0.05) is 12.4 Å². The van der Waals surface area contributed by atoms with Crippen molar-refractivity contribution in [1.29, 1.82) is 0 Å². The number of ether oxygens (including phenoxy) is 2. The molecule has 2 heterocycles. The number of aromatic nitrogens is 1. The van der Waals surface area contributed by atoms with Crippen LogP contribution in [0.5, 0.6) is 0 Å². The van der Waals surface area contributed by atoms with Crippen molar-refractivity contribution in [2.45, 2.75) is 6.92 Å². The van der Waals surface area contributed by atoms with Gasteiger partial charge in [0.25, 0.3) is 0 Å². The molecule has 0 aromatic carbocycles. The van der Waals surface area contributed by atoms with E-state index in [4.69, 9.17) is 0 Å². The van der Waals surface area contributed by atoms with Gasteiger partial charge in [0.15, 0.2) is 0 Å². The van der Waals surface area contributed by atoms with Crippen molar-refractivity contribution in [3.8, 4) is 5.69 Å². The van der Waals surface area contributed by atoms with E-state index >= 15 is 0 Å². The minimum Gasteiger partial charge on any atom is -0.434 e. The van der Waals surface area contributed by atoms with Gasteiger partial charge in [0.2, 0.25) is 0 Å². The van der Waals surface area contributed by atoms with Gasteiger partial charge in [-0.2, -0.15) is 0 Å². The Morgan fingerprint density at radius 1 is 1.33 bits per heavy atom. The molecule has 0 unspecified atom stereocenters. The lowest BCUT2D eigenvalue weighted by Crippen LogP contribution is -2.14. The second-order valence-electron chi connectivity index (χ2n) is 3.30. The normalized spacial score (nSPS) is 10.1. The highest BCUT2D eigenvalue weighted by atomic mass is 32.1. The van der Waals surface area contributed by atoms with Crippen LogP contribution in [-0.2, 0) is 9.47 Å². The van der Waals surface area contributed by atoms with Crippen LogP contribution in [0.1, 0.15) is 16.6 Å². The lowest BCUT2D eigenvalue weighted by atomic mass is 10.4. The van der Waals surface area contributed by atoms with Crippen molar-refractivity contribution in [3.05, 3.63) is 40.8 Å². The molecule has 0 bridgehead atoms. The van der Waals surface area contributed by atoms with Crippen LogP contribution in [0.4, 0.5) is 4.79 Å². The van der Waals surface area contributed by atoms with Gasteiger partial charge in [-0.05, 0) is 30.5 Å². The number of nitrogens with zero attached hydrogens (tertiary/aromatic N) is 1. The summed E-state index contributed by atoms with van der Waals surface area (Å²) in [4.78, 5) is 23.2. The van der Waals surface area contributed by atoms with Crippen LogP contribution in [0.3, 0.4) is 0 Å². The van der Waals surface area contributed by atoms with Crippen molar-refractivity contribution < 1.29 is 19.1 Å². The molecule has 0 amide bonds. The minimum atomic E-state index is -0.977. The van der Waals surface area contributed by atoms with Crippen LogP contribution in [0, 0.1) is 0 Å².